The molecule has 4 rings (SSSR count). The molecule has 0 saturated heterocycles. The van der Waals surface area contributed by atoms with E-state index in [0.717, 1.165) is 11.5 Å². The minimum absolute atomic E-state index is 0.0398. The summed E-state index contributed by atoms with van der Waals surface area (Å²) in [5.74, 6) is -2.55. The Kier molecular flexibility index (Phi) is 7.40. The van der Waals surface area contributed by atoms with Gasteiger partial charge in [-0.3, -0.25) is 9.59 Å². The molecule has 6 nitrogen and oxygen atoms in total. The van der Waals surface area contributed by atoms with Crippen LogP contribution in [0.15, 0.2) is 79.3 Å². The number of carbonyl (C=O) groups excluding carboxylic acids is 2. The fourth-order valence-electron chi connectivity index (χ4n) is 3.86. The average Bonchev–Trinajstić information content (AvgIpc) is 2.85. The molecule has 0 bridgehead atoms. The van der Waals surface area contributed by atoms with Crippen LogP contribution in [0.4, 0.5) is 14.5 Å². The standard InChI is InChI=1S/C27H23F2N3O3/c1-32(23-9-7-20-16-30-17-31-25(20)15-23)27(34)19(11-18-12-21(28)14-22(29)13-18)8-10-26(33)35-24-5-3-2-4-6-24/h2-7,9,12-17,19H,8,10-11H2,1H3/t19-/m0/s1. The number of anilines is 1. The van der Waals surface area contributed by atoms with Gasteiger partial charge in [-0.15, -0.1) is 0 Å². The van der Waals surface area contributed by atoms with Crippen molar-refractivity contribution in [3.8, 4) is 5.75 Å². The summed E-state index contributed by atoms with van der Waals surface area (Å²) in [6.45, 7) is 0. The molecule has 35 heavy (non-hydrogen) atoms. The topological polar surface area (TPSA) is 72.4 Å². The van der Waals surface area contributed by atoms with Crippen LogP contribution in [-0.4, -0.2) is 28.9 Å². The van der Waals surface area contributed by atoms with Crippen molar-refractivity contribution in [1.82, 2.24) is 9.97 Å². The molecule has 0 N–H and O–H groups in total. The molecule has 0 aliphatic heterocycles. The number of hydrogen-bond donors (Lipinski definition) is 0. The zero-order valence-electron chi connectivity index (χ0n) is 19.0. The number of hydrogen-bond acceptors (Lipinski definition) is 5. The van der Waals surface area contributed by atoms with Crippen LogP contribution in [0.3, 0.4) is 0 Å². The molecule has 0 aliphatic rings. The smallest absolute Gasteiger partial charge is 0.311 e. The van der Waals surface area contributed by atoms with E-state index in [4.69, 9.17) is 4.74 Å². The SMILES string of the molecule is CN(C(=O)[C@@H](CCC(=O)Oc1ccccc1)Cc1cc(F)cc(F)c1)c1ccc2cncnc2c1. The summed E-state index contributed by atoms with van der Waals surface area (Å²) in [4.78, 5) is 35.6. The minimum atomic E-state index is -0.725. The third-order valence-corrected chi connectivity index (χ3v) is 5.63. The number of esters is 1. The second-order valence-electron chi connectivity index (χ2n) is 8.17. The van der Waals surface area contributed by atoms with Crippen molar-refractivity contribution in [3.05, 3.63) is 96.5 Å². The van der Waals surface area contributed by atoms with Crippen molar-refractivity contribution >= 4 is 28.5 Å². The van der Waals surface area contributed by atoms with Gasteiger partial charge in [0.05, 0.1) is 5.52 Å². The lowest BCUT2D eigenvalue weighted by atomic mass is 9.93. The summed E-state index contributed by atoms with van der Waals surface area (Å²) in [7, 11) is 1.62. The maximum absolute atomic E-state index is 13.8. The van der Waals surface area contributed by atoms with Crippen LogP contribution in [-0.2, 0) is 16.0 Å². The highest BCUT2D eigenvalue weighted by Gasteiger charge is 2.25. The van der Waals surface area contributed by atoms with E-state index in [0.29, 0.717) is 22.5 Å². The van der Waals surface area contributed by atoms with Gasteiger partial charge >= 0.3 is 5.97 Å². The molecule has 0 aliphatic carbocycles. The summed E-state index contributed by atoms with van der Waals surface area (Å²) in [5.41, 5.74) is 1.60. The third-order valence-electron chi connectivity index (χ3n) is 5.63. The predicted molar refractivity (Wildman–Crippen MR) is 128 cm³/mol. The van der Waals surface area contributed by atoms with Crippen molar-refractivity contribution < 1.29 is 23.1 Å². The number of ether oxygens (including phenoxy) is 1. The van der Waals surface area contributed by atoms with Gasteiger partial charge in [-0.1, -0.05) is 18.2 Å². The molecule has 1 atom stereocenters. The first-order valence-electron chi connectivity index (χ1n) is 11.1. The Morgan fingerprint density at radius 1 is 1.00 bits per heavy atom. The van der Waals surface area contributed by atoms with E-state index in [1.807, 2.05) is 6.07 Å². The van der Waals surface area contributed by atoms with Crippen LogP contribution >= 0.6 is 0 Å². The molecule has 178 valence electrons. The summed E-state index contributed by atoms with van der Waals surface area (Å²) in [6, 6.07) is 17.1. The Balaban J connectivity index is 1.53. The molecule has 0 unspecified atom stereocenters. The zero-order chi connectivity index (χ0) is 24.8. The number of aromatic nitrogens is 2. The van der Waals surface area contributed by atoms with Gasteiger partial charge in [-0.2, -0.15) is 0 Å². The van der Waals surface area contributed by atoms with E-state index in [-0.39, 0.29) is 25.2 Å². The fraction of sp³-hybridized carbons (Fsp3) is 0.185. The largest absolute Gasteiger partial charge is 0.427 e. The van der Waals surface area contributed by atoms with E-state index in [2.05, 4.69) is 9.97 Å². The van der Waals surface area contributed by atoms with E-state index < -0.39 is 23.5 Å². The zero-order valence-corrected chi connectivity index (χ0v) is 19.0. The fourth-order valence-corrected chi connectivity index (χ4v) is 3.86. The first-order valence-corrected chi connectivity index (χ1v) is 11.1. The Labute approximate surface area is 201 Å². The second-order valence-corrected chi connectivity index (χ2v) is 8.17. The van der Waals surface area contributed by atoms with E-state index in [9.17, 15) is 18.4 Å². The summed E-state index contributed by atoms with van der Waals surface area (Å²) in [6.07, 6.45) is 3.26. The highest BCUT2D eigenvalue weighted by molar-refractivity contribution is 5.96. The molecule has 1 amide bonds. The molecular weight excluding hydrogens is 452 g/mol. The van der Waals surface area contributed by atoms with Crippen molar-refractivity contribution in [2.75, 3.05) is 11.9 Å². The molecule has 1 aromatic heterocycles. The lowest BCUT2D eigenvalue weighted by Gasteiger charge is -2.24. The van der Waals surface area contributed by atoms with E-state index in [1.165, 1.54) is 23.4 Å². The molecule has 4 aromatic rings. The van der Waals surface area contributed by atoms with E-state index >= 15 is 0 Å². The minimum Gasteiger partial charge on any atom is -0.427 e. The lowest BCUT2D eigenvalue weighted by molar-refractivity contribution is -0.135. The maximum atomic E-state index is 13.8. The molecule has 0 spiro atoms. The van der Waals surface area contributed by atoms with Gasteiger partial charge in [0.2, 0.25) is 5.91 Å². The van der Waals surface area contributed by atoms with Crippen LogP contribution < -0.4 is 9.64 Å². The number of rotatable bonds is 8. The van der Waals surface area contributed by atoms with Gasteiger partial charge in [0.15, 0.2) is 0 Å². The average molecular weight is 475 g/mol. The number of halogens is 2. The van der Waals surface area contributed by atoms with Gasteiger partial charge in [0.1, 0.15) is 23.7 Å². The Hall–Kier alpha value is -4.20. The molecule has 0 radical (unpaired) electrons. The molecule has 1 heterocycles. The van der Waals surface area contributed by atoms with E-state index in [1.54, 1.807) is 55.7 Å². The number of carbonyl (C=O) groups is 2. The number of benzene rings is 3. The summed E-state index contributed by atoms with van der Waals surface area (Å²) >= 11 is 0. The summed E-state index contributed by atoms with van der Waals surface area (Å²) < 4.78 is 32.9. The number of nitrogens with zero attached hydrogens (tertiary/aromatic N) is 3. The highest BCUT2D eigenvalue weighted by Crippen LogP contribution is 2.25. The second kappa shape index (κ2) is 10.8. The van der Waals surface area contributed by atoms with Crippen LogP contribution in [0, 0.1) is 17.6 Å². The molecular formula is C27H23F2N3O3. The van der Waals surface area contributed by atoms with Crippen LogP contribution in [0.2, 0.25) is 0 Å². The summed E-state index contributed by atoms with van der Waals surface area (Å²) in [5, 5.41) is 0.826. The number of para-hydroxylation sites is 1. The Morgan fingerprint density at radius 3 is 2.49 bits per heavy atom. The Morgan fingerprint density at radius 2 is 1.74 bits per heavy atom. The van der Waals surface area contributed by atoms with Gasteiger partial charge < -0.3 is 9.64 Å². The predicted octanol–water partition coefficient (Wildman–Crippen LogP) is 5.12. The van der Waals surface area contributed by atoms with Gasteiger partial charge in [0.25, 0.3) is 0 Å². The molecule has 8 heteroatoms. The van der Waals surface area contributed by atoms with Crippen LogP contribution in [0.1, 0.15) is 18.4 Å². The maximum Gasteiger partial charge on any atom is 0.311 e. The molecule has 0 saturated carbocycles. The molecule has 0 fully saturated rings. The lowest BCUT2D eigenvalue weighted by Crippen LogP contribution is -2.34. The van der Waals surface area contributed by atoms with Crippen molar-refractivity contribution in [3.63, 3.8) is 0 Å². The first-order chi connectivity index (χ1) is 16.9. The monoisotopic (exact) mass is 475 g/mol. The van der Waals surface area contributed by atoms with Crippen LogP contribution in [0.5, 0.6) is 5.75 Å². The molecule has 3 aromatic carbocycles. The van der Waals surface area contributed by atoms with Crippen molar-refractivity contribution in [2.24, 2.45) is 5.92 Å². The quantitative estimate of drug-likeness (QED) is 0.261. The van der Waals surface area contributed by atoms with Crippen LogP contribution in [0.25, 0.3) is 10.9 Å². The Bertz CT molecular complexity index is 1330. The highest BCUT2D eigenvalue weighted by atomic mass is 19.1. The normalized spacial score (nSPS) is 11.7. The van der Waals surface area contributed by atoms with Crippen molar-refractivity contribution in [2.45, 2.75) is 19.3 Å². The third kappa shape index (κ3) is 6.23. The number of amides is 1. The van der Waals surface area contributed by atoms with Crippen molar-refractivity contribution in [1.29, 1.82) is 0 Å². The van der Waals surface area contributed by atoms with Gasteiger partial charge in [-0.25, -0.2) is 18.7 Å². The van der Waals surface area contributed by atoms with Gasteiger partial charge in [0, 0.05) is 42.7 Å². The van der Waals surface area contributed by atoms with Gasteiger partial charge in [-0.05, 0) is 60.9 Å². The number of fused-ring (bicyclic) bond motifs is 1. The first kappa shape index (κ1) is 23.9.